The maximum atomic E-state index is 12.3. The number of fused-ring (bicyclic) bond motifs is 1. The second kappa shape index (κ2) is 6.31. The van der Waals surface area contributed by atoms with Crippen molar-refractivity contribution in [1.82, 2.24) is 19.6 Å². The van der Waals surface area contributed by atoms with Crippen molar-refractivity contribution in [3.8, 4) is 0 Å². The van der Waals surface area contributed by atoms with E-state index in [2.05, 4.69) is 24.1 Å². The van der Waals surface area contributed by atoms with Gasteiger partial charge < -0.3 is 10.2 Å². The van der Waals surface area contributed by atoms with E-state index in [1.165, 1.54) is 4.88 Å². The van der Waals surface area contributed by atoms with Crippen LogP contribution in [0.2, 0.25) is 0 Å². The van der Waals surface area contributed by atoms with E-state index in [-0.39, 0.29) is 17.7 Å². The molecular formula is C16H22N4O2S. The molecule has 1 N–H and O–H groups in total. The van der Waals surface area contributed by atoms with Gasteiger partial charge in [0.05, 0.1) is 18.2 Å². The Kier molecular flexibility index (Phi) is 4.39. The van der Waals surface area contributed by atoms with E-state index in [9.17, 15) is 9.59 Å². The molecule has 2 aromatic rings. The van der Waals surface area contributed by atoms with Crippen molar-refractivity contribution in [2.24, 2.45) is 11.8 Å². The molecule has 0 unspecified atom stereocenters. The molecule has 7 heteroatoms. The van der Waals surface area contributed by atoms with E-state index in [0.29, 0.717) is 25.4 Å². The van der Waals surface area contributed by atoms with E-state index in [1.807, 2.05) is 23.7 Å². The van der Waals surface area contributed by atoms with E-state index in [1.54, 1.807) is 16.2 Å². The summed E-state index contributed by atoms with van der Waals surface area (Å²) in [5.74, 6) is 0.198. The lowest BCUT2D eigenvalue weighted by Gasteiger charge is -2.18. The number of aromatic nitrogens is 2. The van der Waals surface area contributed by atoms with Gasteiger partial charge in [0.15, 0.2) is 4.96 Å². The monoisotopic (exact) mass is 334 g/mol. The third-order valence-corrected chi connectivity index (χ3v) is 4.85. The Morgan fingerprint density at radius 2 is 2.26 bits per heavy atom. The van der Waals surface area contributed by atoms with Gasteiger partial charge in [0.2, 0.25) is 11.8 Å². The molecule has 0 aliphatic carbocycles. The quantitative estimate of drug-likeness (QED) is 0.907. The molecule has 1 saturated heterocycles. The van der Waals surface area contributed by atoms with Crippen LogP contribution in [0.15, 0.2) is 12.4 Å². The van der Waals surface area contributed by atoms with Gasteiger partial charge in [-0.05, 0) is 12.8 Å². The van der Waals surface area contributed by atoms with Crippen molar-refractivity contribution >= 4 is 28.1 Å². The number of rotatable bonds is 5. The van der Waals surface area contributed by atoms with Crippen LogP contribution < -0.4 is 5.32 Å². The fraction of sp³-hybridized carbons (Fsp3) is 0.562. The first-order chi connectivity index (χ1) is 10.9. The summed E-state index contributed by atoms with van der Waals surface area (Å²) in [6.45, 7) is 7.85. The number of carbonyl (C=O) groups excluding carboxylic acids is 2. The van der Waals surface area contributed by atoms with Crippen LogP contribution in [-0.4, -0.2) is 39.2 Å². The van der Waals surface area contributed by atoms with Gasteiger partial charge in [0, 0.05) is 36.8 Å². The number of carbonyl (C=O) groups is 2. The Labute approximate surface area is 139 Å². The maximum absolute atomic E-state index is 12.3. The Bertz CT molecular complexity index is 702. The Balaban J connectivity index is 1.55. The van der Waals surface area contributed by atoms with Gasteiger partial charge >= 0.3 is 0 Å². The first-order valence-corrected chi connectivity index (χ1v) is 8.73. The first-order valence-electron chi connectivity index (χ1n) is 7.92. The molecule has 0 spiro atoms. The summed E-state index contributed by atoms with van der Waals surface area (Å²) in [4.78, 5) is 32.7. The highest BCUT2D eigenvalue weighted by atomic mass is 32.1. The third kappa shape index (κ3) is 3.55. The smallest absolute Gasteiger partial charge is 0.225 e. The number of imidazole rings is 1. The largest absolute Gasteiger partial charge is 0.350 e. The summed E-state index contributed by atoms with van der Waals surface area (Å²) < 4.78 is 1.98. The number of nitrogens with zero attached hydrogens (tertiary/aromatic N) is 3. The van der Waals surface area contributed by atoms with Crippen LogP contribution >= 0.6 is 11.3 Å². The molecule has 124 valence electrons. The lowest BCUT2D eigenvalue weighted by Crippen LogP contribution is -2.33. The number of amides is 2. The van der Waals surface area contributed by atoms with Gasteiger partial charge in [-0.3, -0.25) is 14.0 Å². The van der Waals surface area contributed by atoms with Crippen molar-refractivity contribution in [3.05, 3.63) is 23.0 Å². The summed E-state index contributed by atoms with van der Waals surface area (Å²) in [5.41, 5.74) is 0.841. The van der Waals surface area contributed by atoms with Crippen molar-refractivity contribution < 1.29 is 9.59 Å². The summed E-state index contributed by atoms with van der Waals surface area (Å²) >= 11 is 1.63. The van der Waals surface area contributed by atoms with Crippen LogP contribution in [0.5, 0.6) is 0 Å². The number of nitrogens with one attached hydrogen (secondary N) is 1. The minimum atomic E-state index is -0.243. The number of aryl methyl sites for hydroxylation is 1. The zero-order valence-electron chi connectivity index (χ0n) is 13.7. The molecule has 1 atom stereocenters. The van der Waals surface area contributed by atoms with E-state index in [4.69, 9.17) is 0 Å². The van der Waals surface area contributed by atoms with Gasteiger partial charge in [-0.15, -0.1) is 11.3 Å². The average Bonchev–Trinajstić information content (AvgIpc) is 3.09. The molecule has 1 fully saturated rings. The van der Waals surface area contributed by atoms with E-state index in [0.717, 1.165) is 17.2 Å². The zero-order chi connectivity index (χ0) is 16.6. The SMILES string of the molecule is Cc1cn2cc(CNC(=O)[C@@H]3CC(=O)N(CC(C)C)C3)nc2s1. The normalized spacial score (nSPS) is 18.3. The highest BCUT2D eigenvalue weighted by Gasteiger charge is 2.34. The molecule has 0 saturated carbocycles. The molecule has 3 heterocycles. The van der Waals surface area contributed by atoms with Crippen LogP contribution in [0.1, 0.15) is 30.8 Å². The summed E-state index contributed by atoms with van der Waals surface area (Å²) in [6.07, 6.45) is 4.28. The number of thiazole rings is 1. The van der Waals surface area contributed by atoms with Crippen molar-refractivity contribution in [3.63, 3.8) is 0 Å². The van der Waals surface area contributed by atoms with Crippen molar-refractivity contribution in [2.75, 3.05) is 13.1 Å². The first kappa shape index (κ1) is 16.0. The highest BCUT2D eigenvalue weighted by molar-refractivity contribution is 7.16. The molecule has 2 aromatic heterocycles. The summed E-state index contributed by atoms with van der Waals surface area (Å²) in [6, 6.07) is 0. The molecule has 0 aromatic carbocycles. The third-order valence-electron chi connectivity index (χ3n) is 3.94. The van der Waals surface area contributed by atoms with Crippen molar-refractivity contribution in [2.45, 2.75) is 33.7 Å². The number of likely N-dealkylation sites (tertiary alicyclic amines) is 1. The summed E-state index contributed by atoms with van der Waals surface area (Å²) in [7, 11) is 0. The molecule has 6 nitrogen and oxygen atoms in total. The topological polar surface area (TPSA) is 66.7 Å². The predicted octanol–water partition coefficient (Wildman–Crippen LogP) is 1.82. The van der Waals surface area contributed by atoms with Crippen molar-refractivity contribution in [1.29, 1.82) is 0 Å². The lowest BCUT2D eigenvalue weighted by molar-refractivity contribution is -0.129. The molecule has 2 amide bonds. The number of hydrogen-bond acceptors (Lipinski definition) is 4. The van der Waals surface area contributed by atoms with Crippen LogP contribution in [0.4, 0.5) is 0 Å². The highest BCUT2D eigenvalue weighted by Crippen LogP contribution is 2.20. The van der Waals surface area contributed by atoms with Gasteiger partial charge in [0.25, 0.3) is 0 Å². The number of hydrogen-bond donors (Lipinski definition) is 1. The van der Waals surface area contributed by atoms with E-state index < -0.39 is 0 Å². The van der Waals surface area contributed by atoms with Gasteiger partial charge in [-0.1, -0.05) is 13.8 Å². The molecule has 0 radical (unpaired) electrons. The zero-order valence-corrected chi connectivity index (χ0v) is 14.5. The minimum Gasteiger partial charge on any atom is -0.350 e. The molecule has 1 aliphatic rings. The Morgan fingerprint density at radius 3 is 2.96 bits per heavy atom. The standard InChI is InChI=1S/C16H22N4O2S/c1-10(2)6-19-8-12(4-14(19)21)15(22)17-5-13-9-20-7-11(3)23-16(20)18-13/h7,9-10,12H,4-6,8H2,1-3H3,(H,17,22)/t12-/m1/s1. The Morgan fingerprint density at radius 1 is 1.48 bits per heavy atom. The molecular weight excluding hydrogens is 312 g/mol. The lowest BCUT2D eigenvalue weighted by atomic mass is 10.1. The van der Waals surface area contributed by atoms with Gasteiger partial charge in [0.1, 0.15) is 0 Å². The average molecular weight is 334 g/mol. The predicted molar refractivity (Wildman–Crippen MR) is 89.2 cm³/mol. The molecule has 3 rings (SSSR count). The molecule has 1 aliphatic heterocycles. The summed E-state index contributed by atoms with van der Waals surface area (Å²) in [5, 5.41) is 2.91. The van der Waals surface area contributed by atoms with Crippen LogP contribution in [-0.2, 0) is 16.1 Å². The van der Waals surface area contributed by atoms with Crippen LogP contribution in [0.25, 0.3) is 4.96 Å². The second-order valence-electron chi connectivity index (χ2n) is 6.58. The Hall–Kier alpha value is -1.89. The second-order valence-corrected chi connectivity index (χ2v) is 7.79. The maximum Gasteiger partial charge on any atom is 0.225 e. The van der Waals surface area contributed by atoms with Gasteiger partial charge in [-0.2, -0.15) is 0 Å². The van der Waals surface area contributed by atoms with Crippen LogP contribution in [0, 0.1) is 18.8 Å². The van der Waals surface area contributed by atoms with Crippen LogP contribution in [0.3, 0.4) is 0 Å². The fourth-order valence-electron chi connectivity index (χ4n) is 2.93. The fourth-order valence-corrected chi connectivity index (χ4v) is 3.76. The van der Waals surface area contributed by atoms with E-state index >= 15 is 0 Å². The molecule has 0 bridgehead atoms. The molecule has 23 heavy (non-hydrogen) atoms. The minimum absolute atomic E-state index is 0.0582. The van der Waals surface area contributed by atoms with Gasteiger partial charge in [-0.25, -0.2) is 4.98 Å².